The lowest BCUT2D eigenvalue weighted by atomic mass is 10.2. The van der Waals surface area contributed by atoms with Gasteiger partial charge in [-0.1, -0.05) is 19.9 Å². The molecule has 3 nitrogen and oxygen atoms in total. The highest BCUT2D eigenvalue weighted by atomic mass is 19.1. The van der Waals surface area contributed by atoms with Crippen LogP contribution in [0.25, 0.3) is 5.69 Å². The van der Waals surface area contributed by atoms with Crippen molar-refractivity contribution in [3.8, 4) is 5.69 Å². The first-order valence-electron chi connectivity index (χ1n) is 6.11. The van der Waals surface area contributed by atoms with Crippen molar-refractivity contribution in [2.24, 2.45) is 5.92 Å². The van der Waals surface area contributed by atoms with Gasteiger partial charge in [-0.15, -0.1) is 0 Å². The molecule has 2 rings (SSSR count). The molecule has 0 bridgehead atoms. The molecule has 96 valence electrons. The Balaban J connectivity index is 2.33. The first-order chi connectivity index (χ1) is 8.58. The van der Waals surface area contributed by atoms with Gasteiger partial charge in [0.25, 0.3) is 0 Å². The molecule has 0 radical (unpaired) electrons. The summed E-state index contributed by atoms with van der Waals surface area (Å²) in [6.45, 7) is 6.99. The molecule has 0 fully saturated rings. The van der Waals surface area contributed by atoms with E-state index in [1.54, 1.807) is 23.0 Å². The highest BCUT2D eigenvalue weighted by Crippen LogP contribution is 2.19. The molecule has 0 spiro atoms. The third kappa shape index (κ3) is 2.70. The molecule has 4 heteroatoms. The van der Waals surface area contributed by atoms with Gasteiger partial charge < -0.3 is 5.32 Å². The molecule has 0 amide bonds. The van der Waals surface area contributed by atoms with Gasteiger partial charge in [-0.3, -0.25) is 4.57 Å². The Bertz CT molecular complexity index is 532. The molecular formula is C14H18FN3. The smallest absolute Gasteiger partial charge is 0.207 e. The van der Waals surface area contributed by atoms with E-state index in [1.807, 2.05) is 13.0 Å². The van der Waals surface area contributed by atoms with Crippen LogP contribution >= 0.6 is 0 Å². The van der Waals surface area contributed by atoms with Crippen LogP contribution in [0.2, 0.25) is 0 Å². The van der Waals surface area contributed by atoms with E-state index < -0.39 is 0 Å². The maximum absolute atomic E-state index is 13.8. The Hall–Kier alpha value is -1.84. The molecule has 1 aromatic heterocycles. The van der Waals surface area contributed by atoms with Gasteiger partial charge >= 0.3 is 0 Å². The number of hydrogen-bond donors (Lipinski definition) is 1. The average molecular weight is 247 g/mol. The zero-order valence-corrected chi connectivity index (χ0v) is 10.9. The van der Waals surface area contributed by atoms with E-state index >= 15 is 0 Å². The number of nitrogens with zero attached hydrogens (tertiary/aromatic N) is 2. The van der Waals surface area contributed by atoms with E-state index in [0.717, 1.165) is 12.1 Å². The van der Waals surface area contributed by atoms with E-state index in [1.165, 1.54) is 6.07 Å². The van der Waals surface area contributed by atoms with Gasteiger partial charge in [0.1, 0.15) is 5.82 Å². The maximum Gasteiger partial charge on any atom is 0.207 e. The van der Waals surface area contributed by atoms with Crippen molar-refractivity contribution < 1.29 is 4.39 Å². The summed E-state index contributed by atoms with van der Waals surface area (Å²) < 4.78 is 15.6. The molecule has 0 unspecified atom stereocenters. The second kappa shape index (κ2) is 5.21. The summed E-state index contributed by atoms with van der Waals surface area (Å²) in [4.78, 5) is 4.22. The molecule has 0 aliphatic heterocycles. The number of benzene rings is 1. The van der Waals surface area contributed by atoms with Crippen LogP contribution in [-0.2, 0) is 0 Å². The Kier molecular flexibility index (Phi) is 3.65. The monoisotopic (exact) mass is 247 g/mol. The van der Waals surface area contributed by atoms with Crippen LogP contribution in [0.3, 0.4) is 0 Å². The zero-order valence-electron chi connectivity index (χ0n) is 10.9. The van der Waals surface area contributed by atoms with E-state index in [-0.39, 0.29) is 5.82 Å². The van der Waals surface area contributed by atoms with Gasteiger partial charge in [0.15, 0.2) is 0 Å². The summed E-state index contributed by atoms with van der Waals surface area (Å²) in [7, 11) is 0. The minimum Gasteiger partial charge on any atom is -0.355 e. The van der Waals surface area contributed by atoms with Crippen molar-refractivity contribution in [3.05, 3.63) is 42.0 Å². The predicted molar refractivity (Wildman–Crippen MR) is 71.6 cm³/mol. The molecule has 2 aromatic rings. The van der Waals surface area contributed by atoms with Crippen molar-refractivity contribution in [3.63, 3.8) is 0 Å². The molecule has 18 heavy (non-hydrogen) atoms. The molecule has 1 heterocycles. The standard InChI is InChI=1S/C14H18FN3/c1-10(2)9-17-14-16-6-7-18(14)13-8-11(3)4-5-12(13)15/h4-8,10H,9H2,1-3H3,(H,16,17). The van der Waals surface area contributed by atoms with Crippen LogP contribution in [-0.4, -0.2) is 16.1 Å². The summed E-state index contributed by atoms with van der Waals surface area (Å²) in [5, 5.41) is 3.22. The van der Waals surface area contributed by atoms with Gasteiger partial charge in [0.2, 0.25) is 5.95 Å². The predicted octanol–water partition coefficient (Wildman–Crippen LogP) is 3.39. The molecule has 0 saturated carbocycles. The molecular weight excluding hydrogens is 229 g/mol. The quantitative estimate of drug-likeness (QED) is 0.897. The SMILES string of the molecule is Cc1ccc(F)c(-n2ccnc2NCC(C)C)c1. The Morgan fingerprint density at radius 3 is 2.89 bits per heavy atom. The maximum atomic E-state index is 13.8. The van der Waals surface area contributed by atoms with E-state index in [0.29, 0.717) is 17.6 Å². The lowest BCUT2D eigenvalue weighted by Crippen LogP contribution is -2.12. The number of aryl methyl sites for hydroxylation is 1. The number of halogens is 1. The highest BCUT2D eigenvalue weighted by molar-refractivity contribution is 5.44. The first-order valence-corrected chi connectivity index (χ1v) is 6.11. The molecule has 0 aliphatic carbocycles. The summed E-state index contributed by atoms with van der Waals surface area (Å²) in [6, 6.07) is 5.06. The minimum absolute atomic E-state index is 0.244. The summed E-state index contributed by atoms with van der Waals surface area (Å²) in [5.74, 6) is 0.942. The fourth-order valence-electron chi connectivity index (χ4n) is 1.73. The number of imidazole rings is 1. The fourth-order valence-corrected chi connectivity index (χ4v) is 1.73. The zero-order chi connectivity index (χ0) is 13.1. The van der Waals surface area contributed by atoms with E-state index in [9.17, 15) is 4.39 Å². The first kappa shape index (κ1) is 12.6. The van der Waals surface area contributed by atoms with Crippen molar-refractivity contribution in [1.29, 1.82) is 0 Å². The van der Waals surface area contributed by atoms with Crippen molar-refractivity contribution in [2.75, 3.05) is 11.9 Å². The van der Waals surface area contributed by atoms with Gasteiger partial charge in [-0.2, -0.15) is 0 Å². The topological polar surface area (TPSA) is 29.9 Å². The van der Waals surface area contributed by atoms with Crippen LogP contribution in [0, 0.1) is 18.7 Å². The van der Waals surface area contributed by atoms with Crippen molar-refractivity contribution >= 4 is 5.95 Å². The van der Waals surface area contributed by atoms with Crippen LogP contribution in [0.4, 0.5) is 10.3 Å². The summed E-state index contributed by atoms with van der Waals surface area (Å²) in [5.41, 5.74) is 1.55. The Morgan fingerprint density at radius 2 is 2.17 bits per heavy atom. The van der Waals surface area contributed by atoms with Crippen LogP contribution in [0.5, 0.6) is 0 Å². The van der Waals surface area contributed by atoms with Gasteiger partial charge in [0, 0.05) is 18.9 Å². The second-order valence-electron chi connectivity index (χ2n) is 4.85. The van der Waals surface area contributed by atoms with Gasteiger partial charge in [-0.25, -0.2) is 9.37 Å². The summed E-state index contributed by atoms with van der Waals surface area (Å²) in [6.07, 6.45) is 3.44. The lowest BCUT2D eigenvalue weighted by molar-refractivity contribution is 0.617. The van der Waals surface area contributed by atoms with Crippen LogP contribution < -0.4 is 5.32 Å². The third-order valence-corrected chi connectivity index (χ3v) is 2.67. The number of nitrogens with one attached hydrogen (secondary N) is 1. The third-order valence-electron chi connectivity index (χ3n) is 2.67. The van der Waals surface area contributed by atoms with Crippen LogP contribution in [0.1, 0.15) is 19.4 Å². The van der Waals surface area contributed by atoms with Gasteiger partial charge in [0.05, 0.1) is 5.69 Å². The Labute approximate surface area is 107 Å². The number of hydrogen-bond acceptors (Lipinski definition) is 2. The molecule has 0 atom stereocenters. The Morgan fingerprint density at radius 1 is 1.39 bits per heavy atom. The molecule has 1 aromatic carbocycles. The minimum atomic E-state index is -0.244. The second-order valence-corrected chi connectivity index (χ2v) is 4.85. The molecule has 1 N–H and O–H groups in total. The highest BCUT2D eigenvalue weighted by Gasteiger charge is 2.09. The average Bonchev–Trinajstić information content (AvgIpc) is 2.77. The fraction of sp³-hybridized carbons (Fsp3) is 0.357. The molecule has 0 aliphatic rings. The number of anilines is 1. The van der Waals surface area contributed by atoms with E-state index in [4.69, 9.17) is 0 Å². The lowest BCUT2D eigenvalue weighted by Gasteiger charge is -2.12. The molecule has 0 saturated heterocycles. The van der Waals surface area contributed by atoms with Crippen LogP contribution in [0.15, 0.2) is 30.6 Å². The van der Waals surface area contributed by atoms with E-state index in [2.05, 4.69) is 24.1 Å². The number of aromatic nitrogens is 2. The van der Waals surface area contributed by atoms with Crippen molar-refractivity contribution in [1.82, 2.24) is 9.55 Å². The normalized spacial score (nSPS) is 10.9. The van der Waals surface area contributed by atoms with Crippen molar-refractivity contribution in [2.45, 2.75) is 20.8 Å². The summed E-state index contributed by atoms with van der Waals surface area (Å²) >= 11 is 0. The van der Waals surface area contributed by atoms with Gasteiger partial charge in [-0.05, 0) is 30.5 Å². The largest absolute Gasteiger partial charge is 0.355 e. The number of rotatable bonds is 4.